The number of hydrogen-bond acceptors (Lipinski definition) is 1. The van der Waals surface area contributed by atoms with E-state index in [4.69, 9.17) is 0 Å². The van der Waals surface area contributed by atoms with Crippen molar-refractivity contribution in [2.75, 3.05) is 0 Å². The van der Waals surface area contributed by atoms with E-state index in [1.165, 1.54) is 95.5 Å². The smallest absolute Gasteiger partial charge is 0.00721 e. The second kappa shape index (κ2) is 13.0. The van der Waals surface area contributed by atoms with Crippen molar-refractivity contribution < 1.29 is 0 Å². The van der Waals surface area contributed by atoms with E-state index in [0.29, 0.717) is 0 Å². The first-order chi connectivity index (χ1) is 11.2. The van der Waals surface area contributed by atoms with E-state index >= 15 is 0 Å². The van der Waals surface area contributed by atoms with Crippen LogP contribution in [0.1, 0.15) is 111 Å². The number of rotatable bonds is 14. The van der Waals surface area contributed by atoms with Crippen LogP contribution in [0.15, 0.2) is 12.2 Å². The van der Waals surface area contributed by atoms with Crippen molar-refractivity contribution in [1.29, 1.82) is 0 Å². The molecule has 23 heavy (non-hydrogen) atoms. The molecular formula is C22H43N. The molecule has 1 fully saturated rings. The van der Waals surface area contributed by atoms with Crippen LogP contribution in [0.3, 0.4) is 0 Å². The third-order valence-electron chi connectivity index (χ3n) is 5.57. The Labute approximate surface area is 146 Å². The lowest BCUT2D eigenvalue weighted by atomic mass is 9.87. The molecule has 0 aliphatic heterocycles. The predicted molar refractivity (Wildman–Crippen MR) is 105 cm³/mol. The Bertz CT molecular complexity index is 290. The molecular weight excluding hydrogens is 278 g/mol. The van der Waals surface area contributed by atoms with E-state index < -0.39 is 0 Å². The van der Waals surface area contributed by atoms with Crippen LogP contribution in [0.5, 0.6) is 0 Å². The summed E-state index contributed by atoms with van der Waals surface area (Å²) < 4.78 is 0. The molecule has 1 heteroatoms. The van der Waals surface area contributed by atoms with E-state index in [2.05, 4.69) is 32.7 Å². The summed E-state index contributed by atoms with van der Waals surface area (Å²) in [5.74, 6) is 0.892. The quantitative estimate of drug-likeness (QED) is 0.339. The first kappa shape index (κ1) is 20.7. The van der Waals surface area contributed by atoms with Gasteiger partial charge in [-0.05, 0) is 57.3 Å². The van der Waals surface area contributed by atoms with Gasteiger partial charge in [0, 0.05) is 12.1 Å². The maximum Gasteiger partial charge on any atom is 0.00721 e. The molecule has 1 aliphatic rings. The van der Waals surface area contributed by atoms with Crippen molar-refractivity contribution in [1.82, 2.24) is 5.32 Å². The molecule has 1 saturated carbocycles. The number of allylic oxidation sites excluding steroid dienone is 1. The third kappa shape index (κ3) is 9.55. The van der Waals surface area contributed by atoms with Crippen LogP contribution in [0.4, 0.5) is 0 Å². The highest BCUT2D eigenvalue weighted by atomic mass is 15.0. The standard InChI is InChI=1S/C22H43N/c1-5-8-13-19(4)16-17-20(11-6-2)18-22(12-7-3)23-21-14-9-10-15-21/h20-23H,4-18H2,1-3H3. The second-order valence-electron chi connectivity index (χ2n) is 7.92. The molecule has 0 saturated heterocycles. The normalized spacial score (nSPS) is 18.2. The van der Waals surface area contributed by atoms with E-state index in [1.54, 1.807) is 0 Å². The summed E-state index contributed by atoms with van der Waals surface area (Å²) in [7, 11) is 0. The Hall–Kier alpha value is -0.300. The topological polar surface area (TPSA) is 12.0 Å². The summed E-state index contributed by atoms with van der Waals surface area (Å²) in [5.41, 5.74) is 1.49. The highest BCUT2D eigenvalue weighted by molar-refractivity contribution is 4.94. The maximum absolute atomic E-state index is 4.31. The average Bonchev–Trinajstić information content (AvgIpc) is 3.04. The average molecular weight is 322 g/mol. The molecule has 1 nitrogen and oxygen atoms in total. The Kier molecular flexibility index (Phi) is 11.8. The van der Waals surface area contributed by atoms with E-state index in [-0.39, 0.29) is 0 Å². The van der Waals surface area contributed by atoms with Crippen molar-refractivity contribution >= 4 is 0 Å². The number of hydrogen-bond donors (Lipinski definition) is 1. The molecule has 0 spiro atoms. The highest BCUT2D eigenvalue weighted by Crippen LogP contribution is 2.26. The first-order valence-corrected chi connectivity index (χ1v) is 10.6. The van der Waals surface area contributed by atoms with Crippen LogP contribution < -0.4 is 5.32 Å². The molecule has 1 aliphatic carbocycles. The van der Waals surface area contributed by atoms with Gasteiger partial charge in [-0.1, -0.05) is 71.4 Å². The zero-order chi connectivity index (χ0) is 16.9. The summed E-state index contributed by atoms with van der Waals surface area (Å²) in [6.45, 7) is 11.3. The van der Waals surface area contributed by atoms with Gasteiger partial charge in [-0.2, -0.15) is 0 Å². The largest absolute Gasteiger partial charge is 0.311 e. The van der Waals surface area contributed by atoms with Gasteiger partial charge in [-0.15, -0.1) is 0 Å². The molecule has 1 rings (SSSR count). The minimum absolute atomic E-state index is 0.753. The third-order valence-corrected chi connectivity index (χ3v) is 5.57. The fourth-order valence-electron chi connectivity index (χ4n) is 4.19. The molecule has 1 N–H and O–H groups in total. The lowest BCUT2D eigenvalue weighted by Gasteiger charge is -2.27. The van der Waals surface area contributed by atoms with E-state index in [1.807, 2.05) is 0 Å². The first-order valence-electron chi connectivity index (χ1n) is 10.6. The molecule has 0 radical (unpaired) electrons. The number of nitrogens with one attached hydrogen (secondary N) is 1. The van der Waals surface area contributed by atoms with Gasteiger partial charge in [0.05, 0.1) is 0 Å². The molecule has 0 aromatic heterocycles. The van der Waals surface area contributed by atoms with Crippen LogP contribution in [0.25, 0.3) is 0 Å². The SMILES string of the molecule is C=C(CCCC)CCC(CCC)CC(CCC)NC1CCCC1. The van der Waals surface area contributed by atoms with E-state index in [0.717, 1.165) is 18.0 Å². The fourth-order valence-corrected chi connectivity index (χ4v) is 4.19. The monoisotopic (exact) mass is 321 g/mol. The van der Waals surface area contributed by atoms with Crippen molar-refractivity contribution in [3.05, 3.63) is 12.2 Å². The predicted octanol–water partition coefficient (Wildman–Crippen LogP) is 7.02. The lowest BCUT2D eigenvalue weighted by molar-refractivity contribution is 0.308. The minimum Gasteiger partial charge on any atom is -0.311 e. The summed E-state index contributed by atoms with van der Waals surface area (Å²) in [6.07, 6.45) is 18.9. The summed E-state index contributed by atoms with van der Waals surface area (Å²) >= 11 is 0. The van der Waals surface area contributed by atoms with Gasteiger partial charge in [0.15, 0.2) is 0 Å². The highest BCUT2D eigenvalue weighted by Gasteiger charge is 2.21. The van der Waals surface area contributed by atoms with Gasteiger partial charge in [-0.3, -0.25) is 0 Å². The van der Waals surface area contributed by atoms with Gasteiger partial charge >= 0.3 is 0 Å². The van der Waals surface area contributed by atoms with Gasteiger partial charge < -0.3 is 5.32 Å². The van der Waals surface area contributed by atoms with Crippen molar-refractivity contribution in [3.63, 3.8) is 0 Å². The van der Waals surface area contributed by atoms with Crippen molar-refractivity contribution in [2.24, 2.45) is 5.92 Å². The second-order valence-corrected chi connectivity index (χ2v) is 7.92. The molecule has 0 bridgehead atoms. The number of unbranched alkanes of at least 4 members (excludes halogenated alkanes) is 1. The molecule has 0 aromatic carbocycles. The molecule has 2 atom stereocenters. The summed E-state index contributed by atoms with van der Waals surface area (Å²) in [5, 5.41) is 4.01. The van der Waals surface area contributed by atoms with Gasteiger partial charge in [0.2, 0.25) is 0 Å². The zero-order valence-corrected chi connectivity index (χ0v) is 16.3. The molecule has 0 heterocycles. The van der Waals surface area contributed by atoms with E-state index in [9.17, 15) is 0 Å². The van der Waals surface area contributed by atoms with Gasteiger partial charge in [0.1, 0.15) is 0 Å². The maximum atomic E-state index is 4.31. The Morgan fingerprint density at radius 3 is 2.26 bits per heavy atom. The zero-order valence-electron chi connectivity index (χ0n) is 16.3. The summed E-state index contributed by atoms with van der Waals surface area (Å²) in [6, 6.07) is 1.57. The van der Waals surface area contributed by atoms with Crippen molar-refractivity contribution in [2.45, 2.75) is 123 Å². The van der Waals surface area contributed by atoms with Gasteiger partial charge in [0.25, 0.3) is 0 Å². The van der Waals surface area contributed by atoms with Crippen molar-refractivity contribution in [3.8, 4) is 0 Å². The Morgan fingerprint density at radius 1 is 0.957 bits per heavy atom. The van der Waals surface area contributed by atoms with Crippen LogP contribution in [-0.4, -0.2) is 12.1 Å². The van der Waals surface area contributed by atoms with Crippen LogP contribution in [0, 0.1) is 5.92 Å². The van der Waals surface area contributed by atoms with Crippen LogP contribution in [0.2, 0.25) is 0 Å². The van der Waals surface area contributed by atoms with Crippen LogP contribution in [-0.2, 0) is 0 Å². The Morgan fingerprint density at radius 2 is 1.65 bits per heavy atom. The summed E-state index contributed by atoms with van der Waals surface area (Å²) in [4.78, 5) is 0. The molecule has 0 aromatic rings. The van der Waals surface area contributed by atoms with Gasteiger partial charge in [-0.25, -0.2) is 0 Å². The molecule has 2 unspecified atom stereocenters. The fraction of sp³-hybridized carbons (Fsp3) is 0.909. The molecule has 136 valence electrons. The minimum atomic E-state index is 0.753. The Balaban J connectivity index is 2.40. The molecule has 0 amide bonds. The van der Waals surface area contributed by atoms with Crippen LogP contribution >= 0.6 is 0 Å². The lowest BCUT2D eigenvalue weighted by Crippen LogP contribution is -2.38.